The summed E-state index contributed by atoms with van der Waals surface area (Å²) in [5.74, 6) is 1.94. The Balaban J connectivity index is 1.56. The van der Waals surface area contributed by atoms with Crippen LogP contribution in [-0.2, 0) is 4.74 Å². The maximum atomic E-state index is 13.4. The second-order valence-electron chi connectivity index (χ2n) is 8.81. The first-order chi connectivity index (χ1) is 16.9. The number of benzene rings is 2. The number of carbonyl (C=O) groups excluding carboxylic acids is 1. The number of carbonyl (C=O) groups is 1. The molecule has 3 unspecified atom stereocenters. The molecule has 3 atom stereocenters. The van der Waals surface area contributed by atoms with E-state index in [-0.39, 0.29) is 24.7 Å². The lowest BCUT2D eigenvalue weighted by molar-refractivity contribution is -0.0564. The molecule has 8 heteroatoms. The number of aliphatic hydroxyl groups excluding tert-OH is 1. The smallest absolute Gasteiger partial charge is 0.257 e. The van der Waals surface area contributed by atoms with Crippen LogP contribution >= 0.6 is 0 Å². The number of aliphatic hydroxyl groups is 1. The van der Waals surface area contributed by atoms with E-state index >= 15 is 0 Å². The van der Waals surface area contributed by atoms with Crippen molar-refractivity contribution in [3.8, 4) is 17.2 Å². The Morgan fingerprint density at radius 1 is 1.14 bits per heavy atom. The van der Waals surface area contributed by atoms with Crippen LogP contribution in [-0.4, -0.2) is 92.7 Å². The summed E-state index contributed by atoms with van der Waals surface area (Å²) in [6.45, 7) is 7.16. The van der Waals surface area contributed by atoms with Crippen molar-refractivity contribution in [1.29, 1.82) is 0 Å². The number of hydrogen-bond acceptors (Lipinski definition) is 7. The third kappa shape index (κ3) is 7.59. The van der Waals surface area contributed by atoms with Crippen molar-refractivity contribution in [2.45, 2.75) is 38.5 Å². The van der Waals surface area contributed by atoms with Gasteiger partial charge in [0.05, 0.1) is 32.5 Å². The molecule has 1 saturated heterocycles. The van der Waals surface area contributed by atoms with Crippen LogP contribution in [0.1, 0.15) is 30.6 Å². The average Bonchev–Trinajstić information content (AvgIpc) is 2.90. The molecule has 0 spiro atoms. The van der Waals surface area contributed by atoms with E-state index in [0.29, 0.717) is 43.3 Å². The van der Waals surface area contributed by atoms with E-state index in [9.17, 15) is 9.90 Å². The molecule has 0 saturated carbocycles. The van der Waals surface area contributed by atoms with E-state index in [4.69, 9.17) is 18.9 Å². The normalized spacial score (nSPS) is 17.9. The molecule has 35 heavy (non-hydrogen) atoms. The van der Waals surface area contributed by atoms with Gasteiger partial charge >= 0.3 is 0 Å². The maximum Gasteiger partial charge on any atom is 0.257 e. The van der Waals surface area contributed by atoms with E-state index in [1.807, 2.05) is 48.2 Å². The molecule has 1 aliphatic heterocycles. The standard InChI is InChI=1S/C27H38N2O6/c1-5-20(2)29(27(31)25-8-6-7-9-26(25)33-4)18-24-17-28(14-15-34-24)16-21(30)19-35-23-12-10-22(32-3)11-13-23/h6-13,20-21,24,30H,5,14-19H2,1-4H3. The van der Waals surface area contributed by atoms with Gasteiger partial charge in [-0.05, 0) is 49.7 Å². The fraction of sp³-hybridized carbons (Fsp3) is 0.519. The van der Waals surface area contributed by atoms with Gasteiger partial charge < -0.3 is 29.0 Å². The number of hydrogen-bond donors (Lipinski definition) is 1. The molecule has 3 rings (SSSR count). The Morgan fingerprint density at radius 3 is 2.54 bits per heavy atom. The Morgan fingerprint density at radius 2 is 1.86 bits per heavy atom. The van der Waals surface area contributed by atoms with Crippen molar-refractivity contribution in [1.82, 2.24) is 9.80 Å². The Kier molecular flexibility index (Phi) is 10.2. The first-order valence-electron chi connectivity index (χ1n) is 12.2. The molecule has 2 aromatic rings. The molecular formula is C27H38N2O6. The van der Waals surface area contributed by atoms with Gasteiger partial charge in [0.1, 0.15) is 30.0 Å². The predicted molar refractivity (Wildman–Crippen MR) is 134 cm³/mol. The zero-order chi connectivity index (χ0) is 25.2. The Hall–Kier alpha value is -2.81. The first kappa shape index (κ1) is 26.8. The number of β-amino-alcohol motifs (C(OH)–C–C–N with tert-alkyl or cyclic N) is 1. The third-order valence-corrected chi connectivity index (χ3v) is 6.32. The number of morpholine rings is 1. The molecule has 1 aliphatic rings. The van der Waals surface area contributed by atoms with Gasteiger partial charge in [0.25, 0.3) is 5.91 Å². The van der Waals surface area contributed by atoms with Crippen molar-refractivity contribution >= 4 is 5.91 Å². The average molecular weight is 487 g/mol. The molecule has 0 bridgehead atoms. The highest BCUT2D eigenvalue weighted by atomic mass is 16.5. The highest BCUT2D eigenvalue weighted by molar-refractivity contribution is 5.97. The molecular weight excluding hydrogens is 448 g/mol. The van der Waals surface area contributed by atoms with Crippen LogP contribution in [0.2, 0.25) is 0 Å². The minimum absolute atomic E-state index is 0.0508. The topological polar surface area (TPSA) is 80.7 Å². The summed E-state index contributed by atoms with van der Waals surface area (Å²) in [7, 11) is 3.19. The van der Waals surface area contributed by atoms with Gasteiger partial charge in [0.2, 0.25) is 0 Å². The highest BCUT2D eigenvalue weighted by Crippen LogP contribution is 2.22. The number of amides is 1. The van der Waals surface area contributed by atoms with Crippen LogP contribution in [0.5, 0.6) is 17.2 Å². The van der Waals surface area contributed by atoms with Crippen LogP contribution < -0.4 is 14.2 Å². The van der Waals surface area contributed by atoms with Crippen molar-refractivity contribution in [2.75, 3.05) is 53.6 Å². The van der Waals surface area contributed by atoms with Crippen LogP contribution in [0, 0.1) is 0 Å². The molecule has 0 aromatic heterocycles. The molecule has 192 valence electrons. The van der Waals surface area contributed by atoms with E-state index in [1.54, 1.807) is 26.4 Å². The highest BCUT2D eigenvalue weighted by Gasteiger charge is 2.29. The SMILES string of the molecule is CCC(C)N(CC1CN(CC(O)COc2ccc(OC)cc2)CCO1)C(=O)c1ccccc1OC. The van der Waals surface area contributed by atoms with E-state index in [2.05, 4.69) is 11.8 Å². The van der Waals surface area contributed by atoms with Gasteiger partial charge in [-0.2, -0.15) is 0 Å². The summed E-state index contributed by atoms with van der Waals surface area (Å²) in [6, 6.07) is 14.6. The summed E-state index contributed by atoms with van der Waals surface area (Å²) < 4.78 is 22.3. The van der Waals surface area contributed by atoms with Crippen molar-refractivity contribution in [3.05, 3.63) is 54.1 Å². The van der Waals surface area contributed by atoms with Crippen molar-refractivity contribution in [3.63, 3.8) is 0 Å². The fourth-order valence-corrected chi connectivity index (χ4v) is 4.15. The molecule has 2 aromatic carbocycles. The maximum absolute atomic E-state index is 13.4. The quantitative estimate of drug-likeness (QED) is 0.494. The van der Waals surface area contributed by atoms with E-state index in [0.717, 1.165) is 18.7 Å². The summed E-state index contributed by atoms with van der Waals surface area (Å²) in [5, 5.41) is 10.5. The third-order valence-electron chi connectivity index (χ3n) is 6.32. The lowest BCUT2D eigenvalue weighted by Crippen LogP contribution is -2.52. The van der Waals surface area contributed by atoms with Gasteiger partial charge in [-0.25, -0.2) is 0 Å². The van der Waals surface area contributed by atoms with Crippen molar-refractivity contribution in [2.24, 2.45) is 0 Å². The molecule has 8 nitrogen and oxygen atoms in total. The minimum atomic E-state index is -0.642. The Labute approximate surface area is 208 Å². The molecule has 1 fully saturated rings. The van der Waals surface area contributed by atoms with Gasteiger partial charge in [-0.3, -0.25) is 9.69 Å². The van der Waals surface area contributed by atoms with Crippen LogP contribution in [0.15, 0.2) is 48.5 Å². The summed E-state index contributed by atoms with van der Waals surface area (Å²) in [4.78, 5) is 17.5. The summed E-state index contributed by atoms with van der Waals surface area (Å²) in [5.41, 5.74) is 0.550. The largest absolute Gasteiger partial charge is 0.497 e. The zero-order valence-corrected chi connectivity index (χ0v) is 21.2. The van der Waals surface area contributed by atoms with Crippen LogP contribution in [0.4, 0.5) is 0 Å². The van der Waals surface area contributed by atoms with Crippen molar-refractivity contribution < 1.29 is 28.8 Å². The van der Waals surface area contributed by atoms with E-state index in [1.165, 1.54) is 0 Å². The van der Waals surface area contributed by atoms with Gasteiger partial charge in [-0.15, -0.1) is 0 Å². The monoisotopic (exact) mass is 486 g/mol. The molecule has 0 radical (unpaired) electrons. The van der Waals surface area contributed by atoms with Gasteiger partial charge in [-0.1, -0.05) is 19.1 Å². The summed E-state index contributed by atoms with van der Waals surface area (Å²) >= 11 is 0. The number of nitrogens with zero attached hydrogens (tertiary/aromatic N) is 2. The lowest BCUT2D eigenvalue weighted by Gasteiger charge is -2.38. The van der Waals surface area contributed by atoms with E-state index < -0.39 is 6.10 Å². The second kappa shape index (κ2) is 13.3. The number of para-hydroxylation sites is 1. The predicted octanol–water partition coefficient (Wildman–Crippen LogP) is 3.09. The van der Waals surface area contributed by atoms with Gasteiger partial charge in [0.15, 0.2) is 0 Å². The Bertz CT molecular complexity index is 922. The molecule has 1 N–H and O–H groups in total. The van der Waals surface area contributed by atoms with Crippen LogP contribution in [0.3, 0.4) is 0 Å². The lowest BCUT2D eigenvalue weighted by atomic mass is 10.1. The van der Waals surface area contributed by atoms with Crippen LogP contribution in [0.25, 0.3) is 0 Å². The minimum Gasteiger partial charge on any atom is -0.497 e. The first-order valence-corrected chi connectivity index (χ1v) is 12.2. The second-order valence-corrected chi connectivity index (χ2v) is 8.81. The number of ether oxygens (including phenoxy) is 4. The summed E-state index contributed by atoms with van der Waals surface area (Å²) in [6.07, 6.45) is 0.0430. The fourth-order valence-electron chi connectivity index (χ4n) is 4.15. The van der Waals surface area contributed by atoms with Gasteiger partial charge in [0, 0.05) is 32.2 Å². The number of methoxy groups -OCH3 is 2. The zero-order valence-electron chi connectivity index (χ0n) is 21.2. The molecule has 1 heterocycles. The number of rotatable bonds is 12. The molecule has 1 amide bonds. The molecule has 0 aliphatic carbocycles.